The molecule has 31 heavy (non-hydrogen) atoms. The van der Waals surface area contributed by atoms with Gasteiger partial charge in [-0.3, -0.25) is 4.72 Å². The van der Waals surface area contributed by atoms with Crippen molar-refractivity contribution in [3.05, 3.63) is 34.9 Å². The van der Waals surface area contributed by atoms with Gasteiger partial charge in [-0.05, 0) is 24.5 Å². The molecule has 1 aromatic heterocycles. The van der Waals surface area contributed by atoms with E-state index < -0.39 is 27.7 Å². The number of sulfonamides is 1. The molecule has 1 heterocycles. The molecular formula is C18H24ClF2N5O3S2. The van der Waals surface area contributed by atoms with E-state index in [-0.39, 0.29) is 40.2 Å². The van der Waals surface area contributed by atoms with E-state index in [0.29, 0.717) is 18.2 Å². The third kappa shape index (κ3) is 8.71. The highest BCUT2D eigenvalue weighted by Crippen LogP contribution is 2.35. The summed E-state index contributed by atoms with van der Waals surface area (Å²) in [6.45, 7) is 3.72. The number of alkyl halides is 2. The van der Waals surface area contributed by atoms with Crippen molar-refractivity contribution in [2.75, 3.05) is 28.7 Å². The van der Waals surface area contributed by atoms with Gasteiger partial charge in [0, 0.05) is 10.6 Å². The Morgan fingerprint density at radius 1 is 1.23 bits per heavy atom. The van der Waals surface area contributed by atoms with Crippen LogP contribution in [0, 0.1) is 5.92 Å². The summed E-state index contributed by atoms with van der Waals surface area (Å²) in [5.41, 5.74) is -0.258. The molecule has 2 aromatic rings. The normalized spacial score (nSPS) is 13.3. The third-order valence-corrected chi connectivity index (χ3v) is 5.57. The van der Waals surface area contributed by atoms with Gasteiger partial charge in [-0.25, -0.2) is 17.2 Å². The average molecular weight is 496 g/mol. The second-order valence-electron chi connectivity index (χ2n) is 7.30. The minimum atomic E-state index is -3.71. The molecule has 2 rings (SSSR count). The van der Waals surface area contributed by atoms with Crippen LogP contribution in [0.25, 0.3) is 0 Å². The first-order chi connectivity index (χ1) is 14.4. The van der Waals surface area contributed by atoms with Crippen LogP contribution in [0.5, 0.6) is 0 Å². The molecule has 0 aliphatic heterocycles. The van der Waals surface area contributed by atoms with E-state index in [9.17, 15) is 22.3 Å². The Bertz CT molecular complexity index is 996. The van der Waals surface area contributed by atoms with Crippen LogP contribution in [0.3, 0.4) is 0 Å². The predicted molar refractivity (Wildman–Crippen MR) is 118 cm³/mol. The third-order valence-electron chi connectivity index (χ3n) is 3.83. The van der Waals surface area contributed by atoms with Gasteiger partial charge < -0.3 is 10.4 Å². The Morgan fingerprint density at radius 3 is 2.48 bits per heavy atom. The zero-order valence-electron chi connectivity index (χ0n) is 17.1. The van der Waals surface area contributed by atoms with Crippen LogP contribution in [-0.4, -0.2) is 53.1 Å². The molecule has 0 bridgehead atoms. The van der Waals surface area contributed by atoms with Gasteiger partial charge >= 0.3 is 0 Å². The number of hydrogen-bond donors (Lipinski definition) is 3. The number of aliphatic hydroxyl groups is 1. The van der Waals surface area contributed by atoms with Crippen molar-refractivity contribution in [2.45, 2.75) is 37.4 Å². The standard InChI is InChI=1S/C18H24ClF2N5O3S2/c1-11(2)7-14(9-27)22-15-23-16(26-31(3,28)29)25-17(24-15)30-10-18(20,21)12-5-4-6-13(19)8-12/h4-6,8,11,14,27H,7,9-10H2,1-3H3,(H2,22,23,24,25,26)/t14-/m1/s1. The summed E-state index contributed by atoms with van der Waals surface area (Å²) < 4.78 is 54.4. The maximum atomic E-state index is 14.6. The van der Waals surface area contributed by atoms with Gasteiger partial charge in [-0.15, -0.1) is 0 Å². The van der Waals surface area contributed by atoms with Crippen molar-refractivity contribution in [2.24, 2.45) is 5.92 Å². The molecule has 0 fully saturated rings. The summed E-state index contributed by atoms with van der Waals surface area (Å²) in [6.07, 6.45) is 1.51. The number of halogens is 3. The maximum Gasteiger partial charge on any atom is 0.282 e. The summed E-state index contributed by atoms with van der Waals surface area (Å²) >= 11 is 6.44. The number of anilines is 2. The molecule has 0 amide bonds. The van der Waals surface area contributed by atoms with E-state index >= 15 is 0 Å². The molecule has 13 heteroatoms. The highest BCUT2D eigenvalue weighted by molar-refractivity contribution is 7.99. The summed E-state index contributed by atoms with van der Waals surface area (Å²) in [7, 11) is -3.71. The second-order valence-corrected chi connectivity index (χ2v) is 10.4. The molecule has 0 radical (unpaired) electrons. The summed E-state index contributed by atoms with van der Waals surface area (Å²) in [5, 5.41) is 12.5. The Labute approximate surface area is 189 Å². The minimum absolute atomic E-state index is 0.0329. The van der Waals surface area contributed by atoms with E-state index in [1.165, 1.54) is 24.3 Å². The number of benzene rings is 1. The Morgan fingerprint density at radius 2 is 1.90 bits per heavy atom. The van der Waals surface area contributed by atoms with E-state index in [1.807, 2.05) is 13.8 Å². The maximum absolute atomic E-state index is 14.6. The van der Waals surface area contributed by atoms with Crippen LogP contribution in [0.2, 0.25) is 5.02 Å². The van der Waals surface area contributed by atoms with E-state index in [4.69, 9.17) is 11.6 Å². The van der Waals surface area contributed by atoms with Gasteiger partial charge in [0.05, 0.1) is 24.7 Å². The van der Waals surface area contributed by atoms with Gasteiger partial charge in [0.15, 0.2) is 5.16 Å². The van der Waals surface area contributed by atoms with Crippen molar-refractivity contribution in [1.29, 1.82) is 0 Å². The molecule has 1 aromatic carbocycles. The van der Waals surface area contributed by atoms with Crippen LogP contribution < -0.4 is 10.0 Å². The Hall–Kier alpha value is -1.76. The Kier molecular flexibility index (Phi) is 8.81. The number of aromatic nitrogens is 3. The van der Waals surface area contributed by atoms with Gasteiger partial charge in [0.2, 0.25) is 21.9 Å². The first-order valence-corrected chi connectivity index (χ1v) is 12.5. The second kappa shape index (κ2) is 10.7. The van der Waals surface area contributed by atoms with Crippen molar-refractivity contribution in [3.8, 4) is 0 Å². The molecule has 0 saturated heterocycles. The number of nitrogens with one attached hydrogen (secondary N) is 2. The zero-order chi connectivity index (χ0) is 23.2. The van der Waals surface area contributed by atoms with Gasteiger partial charge in [0.1, 0.15) is 0 Å². The Balaban J connectivity index is 2.27. The SMILES string of the molecule is CC(C)C[C@H](CO)Nc1nc(NS(C)(=O)=O)nc(SCC(F)(F)c2cccc(Cl)c2)n1. The average Bonchev–Trinajstić information content (AvgIpc) is 2.64. The van der Waals surface area contributed by atoms with Gasteiger partial charge in [-0.1, -0.05) is 49.3 Å². The lowest BCUT2D eigenvalue weighted by molar-refractivity contribution is 0.0231. The predicted octanol–water partition coefficient (Wildman–Crippen LogP) is 3.60. The first kappa shape index (κ1) is 25.5. The molecular weight excluding hydrogens is 472 g/mol. The van der Waals surface area contributed by atoms with Crippen molar-refractivity contribution in [1.82, 2.24) is 15.0 Å². The van der Waals surface area contributed by atoms with Crippen molar-refractivity contribution >= 4 is 45.3 Å². The number of thioether (sulfide) groups is 1. The van der Waals surface area contributed by atoms with Crippen molar-refractivity contribution in [3.63, 3.8) is 0 Å². The van der Waals surface area contributed by atoms with Crippen LogP contribution in [-0.2, 0) is 15.9 Å². The lowest BCUT2D eigenvalue weighted by atomic mass is 10.0. The van der Waals surface area contributed by atoms with Gasteiger partial charge in [-0.2, -0.15) is 15.0 Å². The van der Waals surface area contributed by atoms with E-state index in [1.54, 1.807) is 0 Å². The summed E-state index contributed by atoms with van der Waals surface area (Å²) in [5.74, 6) is -4.02. The highest BCUT2D eigenvalue weighted by Gasteiger charge is 2.32. The fraction of sp³-hybridized carbons (Fsp3) is 0.500. The largest absolute Gasteiger partial charge is 0.394 e. The number of aliphatic hydroxyl groups excluding tert-OH is 1. The molecule has 3 N–H and O–H groups in total. The van der Waals surface area contributed by atoms with Crippen LogP contribution in [0.4, 0.5) is 20.7 Å². The molecule has 0 saturated carbocycles. The molecule has 172 valence electrons. The zero-order valence-corrected chi connectivity index (χ0v) is 19.5. The van der Waals surface area contributed by atoms with Crippen LogP contribution in [0.1, 0.15) is 25.8 Å². The van der Waals surface area contributed by atoms with E-state index in [2.05, 4.69) is 25.0 Å². The lowest BCUT2D eigenvalue weighted by Crippen LogP contribution is -2.27. The van der Waals surface area contributed by atoms with E-state index in [0.717, 1.165) is 6.26 Å². The molecule has 0 aliphatic rings. The number of nitrogens with zero attached hydrogens (tertiary/aromatic N) is 3. The summed E-state index contributed by atoms with van der Waals surface area (Å²) in [4.78, 5) is 12.0. The minimum Gasteiger partial charge on any atom is -0.394 e. The number of hydrogen-bond acceptors (Lipinski definition) is 8. The quantitative estimate of drug-likeness (QED) is 0.405. The topological polar surface area (TPSA) is 117 Å². The molecule has 8 nitrogen and oxygen atoms in total. The fourth-order valence-electron chi connectivity index (χ4n) is 2.58. The number of rotatable bonds is 11. The highest BCUT2D eigenvalue weighted by atomic mass is 35.5. The fourth-order valence-corrected chi connectivity index (χ4v) is 3.97. The summed E-state index contributed by atoms with van der Waals surface area (Å²) in [6, 6.07) is 4.96. The van der Waals surface area contributed by atoms with Crippen LogP contribution >= 0.6 is 23.4 Å². The molecule has 1 atom stereocenters. The van der Waals surface area contributed by atoms with Crippen molar-refractivity contribution < 1.29 is 22.3 Å². The lowest BCUT2D eigenvalue weighted by Gasteiger charge is -2.19. The molecule has 0 aliphatic carbocycles. The smallest absolute Gasteiger partial charge is 0.282 e. The first-order valence-electron chi connectivity index (χ1n) is 9.26. The monoisotopic (exact) mass is 495 g/mol. The molecule has 0 unspecified atom stereocenters. The van der Waals surface area contributed by atoms with Gasteiger partial charge in [0.25, 0.3) is 5.92 Å². The molecule has 0 spiro atoms. The van der Waals surface area contributed by atoms with Crippen LogP contribution in [0.15, 0.2) is 29.4 Å².